The quantitative estimate of drug-likeness (QED) is 0.520. The second kappa shape index (κ2) is 1.99. The minimum Gasteiger partial charge on any atom is -0.322 e. The largest absolute Gasteiger partial charge is 0.322 e. The highest BCUT2D eigenvalue weighted by molar-refractivity contribution is 5.26. The zero-order valence-corrected chi connectivity index (χ0v) is 6.02. The average molecular weight is 123 g/mol. The van der Waals surface area contributed by atoms with Gasteiger partial charge >= 0.3 is 0 Å². The lowest BCUT2D eigenvalue weighted by Gasteiger charge is -2.21. The van der Waals surface area contributed by atoms with E-state index in [2.05, 4.69) is 25.2 Å². The zero-order valence-electron chi connectivity index (χ0n) is 6.02. The van der Waals surface area contributed by atoms with E-state index in [-0.39, 0.29) is 5.54 Å². The van der Waals surface area contributed by atoms with Gasteiger partial charge in [0, 0.05) is 5.54 Å². The first-order chi connectivity index (χ1) is 4.10. The third kappa shape index (κ3) is 1.68. The molecule has 0 aliphatic heterocycles. The van der Waals surface area contributed by atoms with E-state index < -0.39 is 0 Å². The Bertz CT molecular complexity index is 163. The summed E-state index contributed by atoms with van der Waals surface area (Å²) < 4.78 is 0. The van der Waals surface area contributed by atoms with Gasteiger partial charge in [-0.2, -0.15) is 0 Å². The maximum atomic E-state index is 5.81. The van der Waals surface area contributed by atoms with Crippen LogP contribution in [0.2, 0.25) is 0 Å². The number of hydrogen-bond donors (Lipinski definition) is 1. The molecule has 9 heavy (non-hydrogen) atoms. The van der Waals surface area contributed by atoms with Crippen molar-refractivity contribution in [2.24, 2.45) is 5.73 Å². The van der Waals surface area contributed by atoms with Crippen LogP contribution in [-0.4, -0.2) is 5.54 Å². The van der Waals surface area contributed by atoms with Crippen LogP contribution in [0.5, 0.6) is 0 Å². The molecule has 1 heteroatoms. The fourth-order valence-electron chi connectivity index (χ4n) is 0.839. The summed E-state index contributed by atoms with van der Waals surface area (Å²) in [5.74, 6) is 0. The molecule has 1 unspecified atom stereocenters. The molecule has 0 bridgehead atoms. The molecule has 0 aromatic heterocycles. The van der Waals surface area contributed by atoms with Gasteiger partial charge in [0.2, 0.25) is 0 Å². The van der Waals surface area contributed by atoms with Gasteiger partial charge in [-0.25, -0.2) is 0 Å². The third-order valence-corrected chi connectivity index (χ3v) is 1.59. The molecule has 0 saturated carbocycles. The molecule has 0 fully saturated rings. The fourth-order valence-corrected chi connectivity index (χ4v) is 0.839. The van der Waals surface area contributed by atoms with E-state index in [4.69, 9.17) is 5.73 Å². The Balaban J connectivity index is 2.70. The van der Waals surface area contributed by atoms with Crippen LogP contribution in [0.15, 0.2) is 23.8 Å². The van der Waals surface area contributed by atoms with Crippen molar-refractivity contribution >= 4 is 0 Å². The second-order valence-electron chi connectivity index (χ2n) is 2.99. The van der Waals surface area contributed by atoms with Gasteiger partial charge < -0.3 is 5.73 Å². The van der Waals surface area contributed by atoms with Crippen molar-refractivity contribution < 1.29 is 0 Å². The predicted molar refractivity (Wildman–Crippen MR) is 40.1 cm³/mol. The van der Waals surface area contributed by atoms with Crippen LogP contribution in [0.4, 0.5) is 0 Å². The first kappa shape index (κ1) is 6.56. The predicted octanol–water partition coefficient (Wildman–Crippen LogP) is 1.61. The smallest absolute Gasteiger partial charge is 0.0348 e. The van der Waals surface area contributed by atoms with Crippen LogP contribution in [0.25, 0.3) is 0 Å². The van der Waals surface area contributed by atoms with Crippen LogP contribution >= 0.6 is 0 Å². The van der Waals surface area contributed by atoms with Crippen LogP contribution in [0.3, 0.4) is 0 Å². The van der Waals surface area contributed by atoms with Gasteiger partial charge in [0.25, 0.3) is 0 Å². The average Bonchev–Trinajstić information content (AvgIpc) is 1.78. The molecule has 0 aromatic carbocycles. The van der Waals surface area contributed by atoms with Gasteiger partial charge in [0.05, 0.1) is 0 Å². The number of allylic oxidation sites excluding steroid dienone is 2. The van der Waals surface area contributed by atoms with Gasteiger partial charge in [-0.05, 0) is 20.3 Å². The Morgan fingerprint density at radius 2 is 2.33 bits per heavy atom. The summed E-state index contributed by atoms with van der Waals surface area (Å²) in [5.41, 5.74) is 7.03. The van der Waals surface area contributed by atoms with E-state index in [0.717, 1.165) is 6.42 Å². The molecule has 50 valence electrons. The highest BCUT2D eigenvalue weighted by Gasteiger charge is 2.14. The Morgan fingerprint density at radius 1 is 1.67 bits per heavy atom. The van der Waals surface area contributed by atoms with Crippen LogP contribution in [0.1, 0.15) is 20.3 Å². The zero-order chi connectivity index (χ0) is 6.91. The first-order valence-corrected chi connectivity index (χ1v) is 3.25. The summed E-state index contributed by atoms with van der Waals surface area (Å²) in [6, 6.07) is 0. The molecule has 0 spiro atoms. The maximum Gasteiger partial charge on any atom is 0.0348 e. The Kier molecular flexibility index (Phi) is 1.45. The molecule has 1 aliphatic carbocycles. The van der Waals surface area contributed by atoms with E-state index in [1.165, 1.54) is 5.57 Å². The van der Waals surface area contributed by atoms with Crippen LogP contribution in [-0.2, 0) is 0 Å². The normalized spacial score (nSPS) is 34.3. The molecule has 0 amide bonds. The number of rotatable bonds is 0. The van der Waals surface area contributed by atoms with E-state index in [1.807, 2.05) is 6.92 Å². The fraction of sp³-hybridized carbons (Fsp3) is 0.500. The van der Waals surface area contributed by atoms with Crippen molar-refractivity contribution in [2.45, 2.75) is 25.8 Å². The minimum absolute atomic E-state index is 0.0977. The third-order valence-electron chi connectivity index (χ3n) is 1.59. The van der Waals surface area contributed by atoms with Crippen molar-refractivity contribution in [3.63, 3.8) is 0 Å². The topological polar surface area (TPSA) is 26.0 Å². The monoisotopic (exact) mass is 123 g/mol. The van der Waals surface area contributed by atoms with E-state index >= 15 is 0 Å². The van der Waals surface area contributed by atoms with Crippen LogP contribution < -0.4 is 5.73 Å². The molecule has 1 nitrogen and oxygen atoms in total. The molecule has 1 rings (SSSR count). The van der Waals surface area contributed by atoms with E-state index in [9.17, 15) is 0 Å². The minimum atomic E-state index is -0.0977. The SMILES string of the molecule is CC1=CCC(C)(N)C=C1. The van der Waals surface area contributed by atoms with Crippen LogP contribution in [0, 0.1) is 0 Å². The highest BCUT2D eigenvalue weighted by Crippen LogP contribution is 2.16. The molecular formula is C8H13N. The highest BCUT2D eigenvalue weighted by atomic mass is 14.7. The molecule has 0 saturated heterocycles. The Labute approximate surface area is 56.2 Å². The molecule has 0 radical (unpaired) electrons. The summed E-state index contributed by atoms with van der Waals surface area (Å²) in [6.07, 6.45) is 7.27. The van der Waals surface area contributed by atoms with Crippen molar-refractivity contribution in [1.82, 2.24) is 0 Å². The summed E-state index contributed by atoms with van der Waals surface area (Å²) >= 11 is 0. The van der Waals surface area contributed by atoms with Gasteiger partial charge in [-0.1, -0.05) is 23.8 Å². The Hall–Kier alpha value is -0.560. The maximum absolute atomic E-state index is 5.81. The summed E-state index contributed by atoms with van der Waals surface area (Å²) in [6.45, 7) is 4.12. The second-order valence-corrected chi connectivity index (χ2v) is 2.99. The summed E-state index contributed by atoms with van der Waals surface area (Å²) in [5, 5.41) is 0. The van der Waals surface area contributed by atoms with Gasteiger partial charge in [0.15, 0.2) is 0 Å². The van der Waals surface area contributed by atoms with Crippen molar-refractivity contribution in [3.05, 3.63) is 23.8 Å². The van der Waals surface area contributed by atoms with Crippen molar-refractivity contribution in [3.8, 4) is 0 Å². The molecule has 1 atom stereocenters. The number of nitrogens with two attached hydrogens (primary N) is 1. The van der Waals surface area contributed by atoms with Crippen molar-refractivity contribution in [1.29, 1.82) is 0 Å². The standard InChI is InChI=1S/C8H13N/c1-7-3-5-8(2,9)6-4-7/h3-5H,6,9H2,1-2H3. The molecule has 0 heterocycles. The van der Waals surface area contributed by atoms with E-state index in [0.29, 0.717) is 0 Å². The lowest BCUT2D eigenvalue weighted by molar-refractivity contribution is 0.586. The lowest BCUT2D eigenvalue weighted by atomic mass is 9.92. The molecule has 1 aliphatic rings. The molecule has 2 N–H and O–H groups in total. The van der Waals surface area contributed by atoms with E-state index in [1.54, 1.807) is 0 Å². The molecular weight excluding hydrogens is 110 g/mol. The first-order valence-electron chi connectivity index (χ1n) is 3.25. The summed E-state index contributed by atoms with van der Waals surface area (Å²) in [7, 11) is 0. The van der Waals surface area contributed by atoms with Crippen molar-refractivity contribution in [2.75, 3.05) is 0 Å². The Morgan fingerprint density at radius 3 is 2.67 bits per heavy atom. The summed E-state index contributed by atoms with van der Waals surface area (Å²) in [4.78, 5) is 0. The van der Waals surface area contributed by atoms with Gasteiger partial charge in [0.1, 0.15) is 0 Å². The number of hydrogen-bond acceptors (Lipinski definition) is 1. The van der Waals surface area contributed by atoms with Gasteiger partial charge in [-0.15, -0.1) is 0 Å². The molecule has 0 aromatic rings. The lowest BCUT2D eigenvalue weighted by Crippen LogP contribution is -2.33. The van der Waals surface area contributed by atoms with Gasteiger partial charge in [-0.3, -0.25) is 0 Å².